The third-order valence-electron chi connectivity index (χ3n) is 3.48. The number of halogens is 1. The van der Waals surface area contributed by atoms with Crippen LogP contribution in [0.25, 0.3) is 0 Å². The van der Waals surface area contributed by atoms with Gasteiger partial charge in [-0.05, 0) is 30.0 Å². The van der Waals surface area contributed by atoms with Crippen LogP contribution in [0.2, 0.25) is 0 Å². The zero-order valence-electron chi connectivity index (χ0n) is 12.9. The Kier molecular flexibility index (Phi) is 6.16. The smallest absolute Gasteiger partial charge is 0.240 e. The van der Waals surface area contributed by atoms with Gasteiger partial charge in [-0.1, -0.05) is 40.0 Å². The topological polar surface area (TPSA) is 72.2 Å². The fourth-order valence-corrected chi connectivity index (χ4v) is 3.28. The molecule has 0 amide bonds. The summed E-state index contributed by atoms with van der Waals surface area (Å²) in [5.41, 5.74) is 5.13. The first kappa shape index (κ1) is 17.9. The van der Waals surface area contributed by atoms with Crippen LogP contribution in [0.3, 0.4) is 0 Å². The molecule has 0 unspecified atom stereocenters. The molecule has 0 bridgehead atoms. The molecule has 0 spiro atoms. The third kappa shape index (κ3) is 5.63. The molecule has 6 heteroatoms. The molecule has 1 rings (SSSR count). The number of rotatable bonds is 8. The van der Waals surface area contributed by atoms with E-state index in [4.69, 9.17) is 5.73 Å². The van der Waals surface area contributed by atoms with E-state index in [0.717, 1.165) is 37.8 Å². The van der Waals surface area contributed by atoms with Crippen LogP contribution in [-0.2, 0) is 10.0 Å². The second kappa shape index (κ2) is 7.22. The van der Waals surface area contributed by atoms with E-state index < -0.39 is 15.8 Å². The van der Waals surface area contributed by atoms with Gasteiger partial charge in [0.2, 0.25) is 10.0 Å². The summed E-state index contributed by atoms with van der Waals surface area (Å²) in [6.45, 7) is 6.54. The van der Waals surface area contributed by atoms with Crippen LogP contribution in [0.15, 0.2) is 23.1 Å². The molecule has 0 radical (unpaired) electrons. The Balaban J connectivity index is 2.70. The van der Waals surface area contributed by atoms with Crippen LogP contribution in [0.1, 0.15) is 46.5 Å². The summed E-state index contributed by atoms with van der Waals surface area (Å²) < 4.78 is 40.0. The van der Waals surface area contributed by atoms with Crippen molar-refractivity contribution in [3.05, 3.63) is 24.0 Å². The molecule has 0 fully saturated rings. The number of nitrogens with one attached hydrogen (secondary N) is 1. The number of sulfonamides is 1. The average Bonchev–Trinajstić information content (AvgIpc) is 2.40. The van der Waals surface area contributed by atoms with Crippen molar-refractivity contribution in [1.82, 2.24) is 4.72 Å². The first-order chi connectivity index (χ1) is 9.68. The lowest BCUT2D eigenvalue weighted by Gasteiger charge is -2.25. The molecule has 3 N–H and O–H groups in total. The summed E-state index contributed by atoms with van der Waals surface area (Å²) in [6.07, 6.45) is 4.31. The van der Waals surface area contributed by atoms with Crippen molar-refractivity contribution in [2.24, 2.45) is 5.41 Å². The van der Waals surface area contributed by atoms with Crippen molar-refractivity contribution in [1.29, 1.82) is 0 Å². The normalized spacial score (nSPS) is 12.6. The summed E-state index contributed by atoms with van der Waals surface area (Å²) in [4.78, 5) is -0.00856. The van der Waals surface area contributed by atoms with Crippen molar-refractivity contribution in [3.8, 4) is 0 Å². The van der Waals surface area contributed by atoms with Crippen LogP contribution in [0.4, 0.5) is 10.1 Å². The van der Waals surface area contributed by atoms with E-state index in [-0.39, 0.29) is 16.0 Å². The van der Waals surface area contributed by atoms with Gasteiger partial charge in [-0.15, -0.1) is 0 Å². The summed E-state index contributed by atoms with van der Waals surface area (Å²) in [5, 5.41) is 0. The Bertz CT molecular complexity index is 571. The minimum absolute atomic E-state index is 0.00856. The Morgan fingerprint density at radius 1 is 1.29 bits per heavy atom. The van der Waals surface area contributed by atoms with Crippen LogP contribution < -0.4 is 10.5 Å². The van der Waals surface area contributed by atoms with E-state index in [1.165, 1.54) is 6.07 Å². The Morgan fingerprint density at radius 3 is 2.52 bits per heavy atom. The molecule has 0 aromatic heterocycles. The molecule has 0 atom stereocenters. The van der Waals surface area contributed by atoms with Gasteiger partial charge in [-0.2, -0.15) is 0 Å². The molecule has 0 aliphatic rings. The van der Waals surface area contributed by atoms with Crippen LogP contribution in [-0.4, -0.2) is 15.0 Å². The number of hydrogen-bond acceptors (Lipinski definition) is 3. The summed E-state index contributed by atoms with van der Waals surface area (Å²) in [6, 6.07) is 3.43. The summed E-state index contributed by atoms with van der Waals surface area (Å²) >= 11 is 0. The Morgan fingerprint density at radius 2 is 1.95 bits per heavy atom. The predicted molar refractivity (Wildman–Crippen MR) is 83.9 cm³/mol. The molecule has 0 heterocycles. The number of nitrogen functional groups attached to an aromatic ring is 1. The van der Waals surface area contributed by atoms with Gasteiger partial charge >= 0.3 is 0 Å². The molecule has 0 aliphatic carbocycles. The molecular formula is C15H25FN2O2S. The van der Waals surface area contributed by atoms with Crippen LogP contribution in [0.5, 0.6) is 0 Å². The van der Waals surface area contributed by atoms with E-state index in [1.54, 1.807) is 0 Å². The predicted octanol–water partition coefficient (Wildman–Crippen LogP) is 3.29. The maximum absolute atomic E-state index is 13.1. The van der Waals surface area contributed by atoms with Crippen LogP contribution in [0, 0.1) is 11.2 Å². The van der Waals surface area contributed by atoms with E-state index in [0.29, 0.717) is 6.54 Å². The van der Waals surface area contributed by atoms with Crippen molar-refractivity contribution >= 4 is 15.7 Å². The van der Waals surface area contributed by atoms with E-state index in [2.05, 4.69) is 11.6 Å². The fourth-order valence-electron chi connectivity index (χ4n) is 2.00. The highest BCUT2D eigenvalue weighted by molar-refractivity contribution is 7.89. The zero-order valence-corrected chi connectivity index (χ0v) is 13.8. The van der Waals surface area contributed by atoms with Crippen molar-refractivity contribution < 1.29 is 12.8 Å². The monoisotopic (exact) mass is 316 g/mol. The van der Waals surface area contributed by atoms with Crippen LogP contribution >= 0.6 is 0 Å². The van der Waals surface area contributed by atoms with Gasteiger partial charge in [0.1, 0.15) is 5.82 Å². The molecular weight excluding hydrogens is 291 g/mol. The van der Waals surface area contributed by atoms with Gasteiger partial charge in [-0.3, -0.25) is 0 Å². The molecule has 4 nitrogen and oxygen atoms in total. The molecule has 0 aliphatic heterocycles. The maximum atomic E-state index is 13.1. The average molecular weight is 316 g/mol. The van der Waals surface area contributed by atoms with Crippen molar-refractivity contribution in [2.75, 3.05) is 12.3 Å². The molecule has 1 aromatic rings. The van der Waals surface area contributed by atoms with Gasteiger partial charge in [-0.25, -0.2) is 17.5 Å². The molecule has 0 saturated heterocycles. The first-order valence-electron chi connectivity index (χ1n) is 7.23. The van der Waals surface area contributed by atoms with Crippen molar-refractivity contribution in [2.45, 2.75) is 51.3 Å². The molecule has 0 saturated carbocycles. The number of anilines is 1. The largest absolute Gasteiger partial charge is 0.396 e. The molecule has 1 aromatic carbocycles. The minimum Gasteiger partial charge on any atom is -0.396 e. The van der Waals surface area contributed by atoms with E-state index in [1.807, 2.05) is 13.8 Å². The van der Waals surface area contributed by atoms with Crippen molar-refractivity contribution in [3.63, 3.8) is 0 Å². The highest BCUT2D eigenvalue weighted by Crippen LogP contribution is 2.24. The standard InChI is InChI=1S/C15H25FN2O2S/c1-4-5-6-9-15(2,3)11-18-21(19,20)12-7-8-13(16)14(17)10-12/h7-8,10,18H,4-6,9,11,17H2,1-3H3. The van der Waals surface area contributed by atoms with Gasteiger partial charge in [0.15, 0.2) is 0 Å². The number of nitrogens with two attached hydrogens (primary N) is 1. The molecule has 21 heavy (non-hydrogen) atoms. The second-order valence-corrected chi connectivity index (χ2v) is 7.90. The lowest BCUT2D eigenvalue weighted by Crippen LogP contribution is -2.34. The van der Waals surface area contributed by atoms with Gasteiger partial charge in [0.25, 0.3) is 0 Å². The summed E-state index contributed by atoms with van der Waals surface area (Å²) in [5.74, 6) is -0.617. The lowest BCUT2D eigenvalue weighted by molar-refractivity contribution is 0.320. The SMILES string of the molecule is CCCCCC(C)(C)CNS(=O)(=O)c1ccc(F)c(N)c1. The number of benzene rings is 1. The van der Waals surface area contributed by atoms with Gasteiger partial charge < -0.3 is 5.73 Å². The highest BCUT2D eigenvalue weighted by atomic mass is 32.2. The zero-order chi connectivity index (χ0) is 16.1. The second-order valence-electron chi connectivity index (χ2n) is 6.13. The third-order valence-corrected chi connectivity index (χ3v) is 4.87. The lowest BCUT2D eigenvalue weighted by atomic mass is 9.87. The maximum Gasteiger partial charge on any atom is 0.240 e. The number of hydrogen-bond donors (Lipinski definition) is 2. The molecule has 120 valence electrons. The van der Waals surface area contributed by atoms with E-state index in [9.17, 15) is 12.8 Å². The Hall–Kier alpha value is -1.14. The highest BCUT2D eigenvalue weighted by Gasteiger charge is 2.22. The first-order valence-corrected chi connectivity index (χ1v) is 8.71. The van der Waals surface area contributed by atoms with Gasteiger partial charge in [0, 0.05) is 6.54 Å². The number of unbranched alkanes of at least 4 members (excludes halogenated alkanes) is 2. The minimum atomic E-state index is -3.66. The fraction of sp³-hybridized carbons (Fsp3) is 0.600. The summed E-state index contributed by atoms with van der Waals surface area (Å²) in [7, 11) is -3.66. The van der Waals surface area contributed by atoms with Gasteiger partial charge in [0.05, 0.1) is 10.6 Å². The Labute approximate surface area is 127 Å². The van der Waals surface area contributed by atoms with E-state index >= 15 is 0 Å². The quantitative estimate of drug-likeness (QED) is 0.571.